The van der Waals surface area contributed by atoms with Crippen LogP contribution in [-0.2, 0) is 0 Å². The number of hydrogen-bond donors (Lipinski definition) is 1. The molecule has 1 heteroatoms. The monoisotopic (exact) mass is 205 g/mol. The summed E-state index contributed by atoms with van der Waals surface area (Å²) in [4.78, 5) is 0. The molecule has 15 heavy (non-hydrogen) atoms. The molecule has 0 spiro atoms. The first-order chi connectivity index (χ1) is 7.24. The molecule has 0 heterocycles. The molecule has 1 unspecified atom stereocenters. The van der Waals surface area contributed by atoms with Crippen LogP contribution in [0.1, 0.15) is 45.2 Å². The molecule has 1 N–H and O–H groups in total. The lowest BCUT2D eigenvalue weighted by Crippen LogP contribution is -2.21. The summed E-state index contributed by atoms with van der Waals surface area (Å²) in [5.74, 6) is 0.787. The maximum absolute atomic E-state index is 3.55. The van der Waals surface area contributed by atoms with Gasteiger partial charge < -0.3 is 5.32 Å². The molecule has 0 bridgehead atoms. The van der Waals surface area contributed by atoms with Crippen molar-refractivity contribution in [2.24, 2.45) is 5.92 Å². The van der Waals surface area contributed by atoms with Crippen molar-refractivity contribution in [1.82, 2.24) is 5.32 Å². The fraction of sp³-hybridized carbons (Fsp3) is 0.571. The van der Waals surface area contributed by atoms with Crippen molar-refractivity contribution in [3.05, 3.63) is 35.9 Å². The zero-order valence-electron chi connectivity index (χ0n) is 10.2. The van der Waals surface area contributed by atoms with Gasteiger partial charge in [0.1, 0.15) is 0 Å². The van der Waals surface area contributed by atoms with Gasteiger partial charge in [0.2, 0.25) is 0 Å². The third-order valence-corrected chi connectivity index (χ3v) is 2.69. The van der Waals surface area contributed by atoms with E-state index in [1.54, 1.807) is 0 Å². The lowest BCUT2D eigenvalue weighted by molar-refractivity contribution is 0.448. The van der Waals surface area contributed by atoms with E-state index >= 15 is 0 Å². The van der Waals surface area contributed by atoms with Crippen LogP contribution < -0.4 is 5.32 Å². The maximum Gasteiger partial charge on any atom is 0.0320 e. The number of hydrogen-bond acceptors (Lipinski definition) is 1. The Bertz CT molecular complexity index is 253. The molecule has 1 nitrogen and oxygen atoms in total. The number of rotatable bonds is 6. The first kappa shape index (κ1) is 12.3. The lowest BCUT2D eigenvalue weighted by atomic mass is 9.98. The van der Waals surface area contributed by atoms with E-state index in [1.165, 1.54) is 18.4 Å². The van der Waals surface area contributed by atoms with E-state index in [9.17, 15) is 0 Å². The minimum absolute atomic E-state index is 0.526. The summed E-state index contributed by atoms with van der Waals surface area (Å²) in [6.45, 7) is 7.78. The van der Waals surface area contributed by atoms with Crippen LogP contribution in [-0.4, -0.2) is 6.54 Å². The molecule has 84 valence electrons. The topological polar surface area (TPSA) is 12.0 Å². The van der Waals surface area contributed by atoms with E-state index in [4.69, 9.17) is 0 Å². The first-order valence-corrected chi connectivity index (χ1v) is 6.02. The van der Waals surface area contributed by atoms with Gasteiger partial charge in [0.05, 0.1) is 0 Å². The van der Waals surface area contributed by atoms with Crippen LogP contribution in [0.5, 0.6) is 0 Å². The predicted molar refractivity (Wildman–Crippen MR) is 66.9 cm³/mol. The second-order valence-corrected chi connectivity index (χ2v) is 4.49. The maximum atomic E-state index is 3.55. The third-order valence-electron chi connectivity index (χ3n) is 2.69. The molecule has 0 aromatic heterocycles. The van der Waals surface area contributed by atoms with Gasteiger partial charge in [-0.3, -0.25) is 0 Å². The van der Waals surface area contributed by atoms with Crippen molar-refractivity contribution >= 4 is 0 Å². The van der Waals surface area contributed by atoms with Gasteiger partial charge in [-0.15, -0.1) is 0 Å². The van der Waals surface area contributed by atoms with Gasteiger partial charge in [0.15, 0.2) is 0 Å². The fourth-order valence-electron chi connectivity index (χ4n) is 1.82. The quantitative estimate of drug-likeness (QED) is 0.745. The highest BCUT2D eigenvalue weighted by Crippen LogP contribution is 2.20. The van der Waals surface area contributed by atoms with Gasteiger partial charge in [0, 0.05) is 6.04 Å². The molecule has 0 aliphatic carbocycles. The Morgan fingerprint density at radius 2 is 1.73 bits per heavy atom. The SMILES string of the molecule is CCNC(CCC(C)C)c1ccccc1. The third kappa shape index (κ3) is 4.48. The molecule has 1 atom stereocenters. The van der Waals surface area contributed by atoms with Crippen molar-refractivity contribution in [2.45, 2.75) is 39.7 Å². The van der Waals surface area contributed by atoms with Crippen LogP contribution in [0.15, 0.2) is 30.3 Å². The lowest BCUT2D eigenvalue weighted by Gasteiger charge is -2.19. The number of benzene rings is 1. The van der Waals surface area contributed by atoms with Crippen molar-refractivity contribution in [3.8, 4) is 0 Å². The molecular weight excluding hydrogens is 182 g/mol. The predicted octanol–water partition coefficient (Wildman–Crippen LogP) is 3.77. The summed E-state index contributed by atoms with van der Waals surface area (Å²) in [6.07, 6.45) is 2.52. The summed E-state index contributed by atoms with van der Waals surface area (Å²) >= 11 is 0. The van der Waals surface area contributed by atoms with Crippen molar-refractivity contribution in [2.75, 3.05) is 6.54 Å². The molecule has 1 aromatic carbocycles. The largest absolute Gasteiger partial charge is 0.310 e. The Hall–Kier alpha value is -0.820. The highest BCUT2D eigenvalue weighted by atomic mass is 14.9. The molecule has 0 aliphatic heterocycles. The van der Waals surface area contributed by atoms with Crippen molar-refractivity contribution < 1.29 is 0 Å². The Kier molecular flexibility index (Phi) is 5.41. The summed E-state index contributed by atoms with van der Waals surface area (Å²) in [7, 11) is 0. The van der Waals surface area contributed by atoms with Gasteiger partial charge >= 0.3 is 0 Å². The summed E-state index contributed by atoms with van der Waals surface area (Å²) in [5.41, 5.74) is 1.42. The van der Waals surface area contributed by atoms with Crippen LogP contribution in [0.2, 0.25) is 0 Å². The molecule has 0 saturated carbocycles. The zero-order valence-corrected chi connectivity index (χ0v) is 10.2. The average Bonchev–Trinajstić information content (AvgIpc) is 2.25. The Morgan fingerprint density at radius 1 is 1.07 bits per heavy atom. The van der Waals surface area contributed by atoms with Crippen LogP contribution in [0, 0.1) is 5.92 Å². The van der Waals surface area contributed by atoms with E-state index in [0.717, 1.165) is 12.5 Å². The molecule has 1 rings (SSSR count). The highest BCUT2D eigenvalue weighted by Gasteiger charge is 2.09. The zero-order chi connectivity index (χ0) is 11.1. The van der Waals surface area contributed by atoms with E-state index in [1.807, 2.05) is 0 Å². The van der Waals surface area contributed by atoms with E-state index in [0.29, 0.717) is 6.04 Å². The van der Waals surface area contributed by atoms with E-state index in [2.05, 4.69) is 56.4 Å². The van der Waals surface area contributed by atoms with Crippen LogP contribution in [0.4, 0.5) is 0 Å². The number of nitrogens with one attached hydrogen (secondary N) is 1. The van der Waals surface area contributed by atoms with E-state index in [-0.39, 0.29) is 0 Å². The second-order valence-electron chi connectivity index (χ2n) is 4.49. The Morgan fingerprint density at radius 3 is 2.27 bits per heavy atom. The van der Waals surface area contributed by atoms with Gasteiger partial charge in [-0.1, -0.05) is 51.1 Å². The van der Waals surface area contributed by atoms with Gasteiger partial charge in [0.25, 0.3) is 0 Å². The molecule has 0 radical (unpaired) electrons. The average molecular weight is 205 g/mol. The van der Waals surface area contributed by atoms with Gasteiger partial charge in [-0.25, -0.2) is 0 Å². The fourth-order valence-corrected chi connectivity index (χ4v) is 1.82. The molecule has 0 aliphatic rings. The second kappa shape index (κ2) is 6.62. The Balaban J connectivity index is 2.57. The molecule has 0 amide bonds. The summed E-state index contributed by atoms with van der Waals surface area (Å²) in [6, 6.07) is 11.3. The molecular formula is C14H23N. The summed E-state index contributed by atoms with van der Waals surface area (Å²) < 4.78 is 0. The molecule has 0 saturated heterocycles. The van der Waals surface area contributed by atoms with Crippen LogP contribution in [0.25, 0.3) is 0 Å². The summed E-state index contributed by atoms with van der Waals surface area (Å²) in [5, 5.41) is 3.55. The van der Waals surface area contributed by atoms with Crippen LogP contribution >= 0.6 is 0 Å². The van der Waals surface area contributed by atoms with Gasteiger partial charge in [-0.05, 0) is 30.9 Å². The highest BCUT2D eigenvalue weighted by molar-refractivity contribution is 5.18. The molecule has 0 fully saturated rings. The first-order valence-electron chi connectivity index (χ1n) is 6.02. The molecule has 1 aromatic rings. The smallest absolute Gasteiger partial charge is 0.0320 e. The normalized spacial score (nSPS) is 13.1. The van der Waals surface area contributed by atoms with Crippen molar-refractivity contribution in [3.63, 3.8) is 0 Å². The van der Waals surface area contributed by atoms with Crippen molar-refractivity contribution in [1.29, 1.82) is 0 Å². The Labute approximate surface area is 93.9 Å². The van der Waals surface area contributed by atoms with Gasteiger partial charge in [-0.2, -0.15) is 0 Å². The van der Waals surface area contributed by atoms with Crippen LogP contribution in [0.3, 0.4) is 0 Å². The minimum Gasteiger partial charge on any atom is -0.310 e. The van der Waals surface area contributed by atoms with E-state index < -0.39 is 0 Å². The minimum atomic E-state index is 0.526. The standard InChI is InChI=1S/C14H23N/c1-4-15-14(11-10-12(2)3)13-8-6-5-7-9-13/h5-9,12,14-15H,4,10-11H2,1-3H3.